The van der Waals surface area contributed by atoms with Crippen LogP contribution in [0.5, 0.6) is 0 Å². The maximum atomic E-state index is 11.5. The van der Waals surface area contributed by atoms with Crippen LogP contribution in [0.4, 0.5) is 0 Å². The molecule has 0 aliphatic heterocycles. The van der Waals surface area contributed by atoms with Crippen LogP contribution >= 0.6 is 20.2 Å². The van der Waals surface area contributed by atoms with E-state index in [0.29, 0.717) is 0 Å². The Morgan fingerprint density at radius 2 is 2.17 bits per heavy atom. The van der Waals surface area contributed by atoms with Crippen molar-refractivity contribution in [3.05, 3.63) is 0 Å². The Labute approximate surface area is 77.6 Å². The lowest BCUT2D eigenvalue weighted by Gasteiger charge is -2.14. The van der Waals surface area contributed by atoms with Gasteiger partial charge in [-0.2, -0.15) is 12.6 Å². The normalized spacial score (nSPS) is 18.3. The molecule has 0 saturated carbocycles. The van der Waals surface area contributed by atoms with Gasteiger partial charge in [0.25, 0.3) is 5.52 Å². The van der Waals surface area contributed by atoms with Crippen LogP contribution in [-0.2, 0) is 18.4 Å². The van der Waals surface area contributed by atoms with Crippen LogP contribution < -0.4 is 0 Å². The van der Waals surface area contributed by atoms with E-state index in [-0.39, 0.29) is 6.61 Å². The molecule has 0 aromatic heterocycles. The van der Waals surface area contributed by atoms with Crippen molar-refractivity contribution in [1.82, 2.24) is 0 Å². The third kappa shape index (κ3) is 2.90. The highest BCUT2D eigenvalue weighted by Crippen LogP contribution is 2.49. The van der Waals surface area contributed by atoms with Crippen molar-refractivity contribution in [2.45, 2.75) is 19.1 Å². The molecule has 0 aliphatic carbocycles. The number of thiol groups is 1. The summed E-state index contributed by atoms with van der Waals surface area (Å²) in [6.07, 6.45) is 0. The summed E-state index contributed by atoms with van der Waals surface area (Å²) in [5.74, 6) is 0. The van der Waals surface area contributed by atoms with Crippen LogP contribution in [0.1, 0.15) is 13.8 Å². The third-order valence-electron chi connectivity index (χ3n) is 1.17. The fraction of sp³-hybridized carbons (Fsp3) is 0.833. The van der Waals surface area contributed by atoms with Gasteiger partial charge in [-0.25, -0.2) is 0 Å². The molecule has 0 rings (SSSR count). The SMILES string of the molecule is CCOP(=O)(OC)C(=O)C(C)S. The number of hydrogen-bond donors (Lipinski definition) is 1. The number of hydrogen-bond acceptors (Lipinski definition) is 5. The second kappa shape index (κ2) is 5.02. The quantitative estimate of drug-likeness (QED) is 0.556. The molecular formula is C6H13O4PS. The number of rotatable bonds is 5. The first-order valence-corrected chi connectivity index (χ1v) is 5.56. The molecule has 0 heterocycles. The van der Waals surface area contributed by atoms with Crippen LogP contribution in [0.25, 0.3) is 0 Å². The molecule has 4 nitrogen and oxygen atoms in total. The summed E-state index contributed by atoms with van der Waals surface area (Å²) in [7, 11) is -2.38. The average Bonchev–Trinajstić information content (AvgIpc) is 2.03. The molecule has 0 aliphatic rings. The summed E-state index contributed by atoms with van der Waals surface area (Å²) in [6, 6.07) is 0. The molecule has 0 N–H and O–H groups in total. The largest absolute Gasteiger partial charge is 0.397 e. The first-order chi connectivity index (χ1) is 5.48. The average molecular weight is 212 g/mol. The van der Waals surface area contributed by atoms with Crippen molar-refractivity contribution >= 4 is 25.7 Å². The molecule has 0 fully saturated rings. The van der Waals surface area contributed by atoms with E-state index in [2.05, 4.69) is 17.2 Å². The highest BCUT2D eigenvalue weighted by molar-refractivity contribution is 7.85. The Balaban J connectivity index is 4.52. The summed E-state index contributed by atoms with van der Waals surface area (Å²) >= 11 is 3.85. The molecule has 2 atom stereocenters. The molecule has 6 heteroatoms. The van der Waals surface area contributed by atoms with Gasteiger partial charge in [-0.15, -0.1) is 0 Å². The van der Waals surface area contributed by atoms with Crippen LogP contribution in [0.15, 0.2) is 0 Å². The number of carbonyl (C=O) groups is 1. The van der Waals surface area contributed by atoms with Crippen molar-refractivity contribution in [2.75, 3.05) is 13.7 Å². The van der Waals surface area contributed by atoms with Crippen LogP contribution in [0.3, 0.4) is 0 Å². The minimum atomic E-state index is -3.56. The van der Waals surface area contributed by atoms with E-state index in [1.54, 1.807) is 6.92 Å². The summed E-state index contributed by atoms with van der Waals surface area (Å²) in [6.45, 7) is 3.34. The van der Waals surface area contributed by atoms with Gasteiger partial charge in [0.05, 0.1) is 11.9 Å². The summed E-state index contributed by atoms with van der Waals surface area (Å²) in [5.41, 5.74) is -0.602. The molecule has 0 amide bonds. The van der Waals surface area contributed by atoms with Gasteiger partial charge in [0.2, 0.25) is 0 Å². The van der Waals surface area contributed by atoms with Gasteiger partial charge in [0.1, 0.15) is 0 Å². The Morgan fingerprint density at radius 1 is 1.67 bits per heavy atom. The monoisotopic (exact) mass is 212 g/mol. The van der Waals surface area contributed by atoms with Gasteiger partial charge in [-0.3, -0.25) is 9.36 Å². The van der Waals surface area contributed by atoms with Crippen molar-refractivity contribution < 1.29 is 18.4 Å². The van der Waals surface area contributed by atoms with Gasteiger partial charge in [0, 0.05) is 7.11 Å². The molecule has 0 spiro atoms. The molecular weight excluding hydrogens is 199 g/mol. The van der Waals surface area contributed by atoms with Crippen molar-refractivity contribution in [3.63, 3.8) is 0 Å². The summed E-state index contributed by atoms with van der Waals surface area (Å²) in [4.78, 5) is 11.2. The fourth-order valence-corrected chi connectivity index (χ4v) is 2.24. The van der Waals surface area contributed by atoms with Gasteiger partial charge in [0.15, 0.2) is 0 Å². The molecule has 0 radical (unpaired) electrons. The topological polar surface area (TPSA) is 52.6 Å². The summed E-state index contributed by atoms with van der Waals surface area (Å²) in [5, 5.41) is -0.637. The van der Waals surface area contributed by atoms with E-state index in [1.807, 2.05) is 0 Å². The van der Waals surface area contributed by atoms with Crippen LogP contribution in [0.2, 0.25) is 0 Å². The van der Waals surface area contributed by atoms with E-state index in [1.165, 1.54) is 14.0 Å². The lowest BCUT2D eigenvalue weighted by molar-refractivity contribution is -0.113. The van der Waals surface area contributed by atoms with Crippen molar-refractivity contribution in [1.29, 1.82) is 0 Å². The zero-order chi connectivity index (χ0) is 9.78. The molecule has 0 bridgehead atoms. The molecule has 72 valence electrons. The Hall–Kier alpha value is 0.170. The zero-order valence-electron chi connectivity index (χ0n) is 7.31. The van der Waals surface area contributed by atoms with Gasteiger partial charge in [-0.1, -0.05) is 0 Å². The highest BCUT2D eigenvalue weighted by atomic mass is 32.1. The smallest absolute Gasteiger partial charge is 0.307 e. The Kier molecular flexibility index (Phi) is 5.09. The fourth-order valence-electron chi connectivity index (χ4n) is 0.605. The van der Waals surface area contributed by atoms with Gasteiger partial charge >= 0.3 is 7.60 Å². The lowest BCUT2D eigenvalue weighted by atomic mass is 10.5. The predicted molar refractivity (Wildman–Crippen MR) is 49.7 cm³/mol. The Bertz CT molecular complexity index is 204. The minimum absolute atomic E-state index is 0.178. The van der Waals surface area contributed by atoms with Gasteiger partial charge < -0.3 is 9.05 Å². The molecule has 0 aromatic rings. The molecule has 0 aromatic carbocycles. The maximum Gasteiger partial charge on any atom is 0.397 e. The van der Waals surface area contributed by atoms with E-state index < -0.39 is 18.4 Å². The minimum Gasteiger partial charge on any atom is -0.307 e. The second-order valence-corrected chi connectivity index (χ2v) is 4.95. The maximum absolute atomic E-state index is 11.5. The van der Waals surface area contributed by atoms with E-state index in [9.17, 15) is 9.36 Å². The van der Waals surface area contributed by atoms with E-state index in [0.717, 1.165) is 0 Å². The molecule has 12 heavy (non-hydrogen) atoms. The predicted octanol–water partition coefficient (Wildman–Crippen LogP) is 1.71. The van der Waals surface area contributed by atoms with Crippen molar-refractivity contribution in [3.8, 4) is 0 Å². The lowest BCUT2D eigenvalue weighted by Crippen LogP contribution is -2.13. The van der Waals surface area contributed by atoms with Crippen LogP contribution in [-0.4, -0.2) is 24.5 Å². The van der Waals surface area contributed by atoms with Gasteiger partial charge in [-0.05, 0) is 13.8 Å². The Morgan fingerprint density at radius 3 is 2.42 bits per heavy atom. The number of carbonyl (C=O) groups excluding carboxylic acids is 1. The highest BCUT2D eigenvalue weighted by Gasteiger charge is 2.35. The van der Waals surface area contributed by atoms with Crippen LogP contribution in [0, 0.1) is 0 Å². The first-order valence-electron chi connectivity index (χ1n) is 3.50. The third-order valence-corrected chi connectivity index (χ3v) is 3.61. The van der Waals surface area contributed by atoms with E-state index >= 15 is 0 Å². The molecule has 0 saturated heterocycles. The first kappa shape index (κ1) is 12.2. The second-order valence-electron chi connectivity index (χ2n) is 2.11. The molecule has 2 unspecified atom stereocenters. The van der Waals surface area contributed by atoms with Crippen molar-refractivity contribution in [2.24, 2.45) is 0 Å². The van der Waals surface area contributed by atoms with E-state index in [4.69, 9.17) is 4.52 Å². The zero-order valence-corrected chi connectivity index (χ0v) is 9.10. The summed E-state index contributed by atoms with van der Waals surface area (Å²) < 4.78 is 20.8. The standard InChI is InChI=1S/C6H13O4PS/c1-4-10-11(8,9-3)6(7)5(2)12/h5,12H,4H2,1-3H3.